The fourth-order valence-electron chi connectivity index (χ4n) is 4.09. The van der Waals surface area contributed by atoms with Gasteiger partial charge >= 0.3 is 5.97 Å². The van der Waals surface area contributed by atoms with Crippen LogP contribution in [0.15, 0.2) is 61.2 Å². The van der Waals surface area contributed by atoms with Gasteiger partial charge in [0.2, 0.25) is 5.91 Å². The smallest absolute Gasteiger partial charge is 0.323 e. The van der Waals surface area contributed by atoms with E-state index in [1.165, 1.54) is 29.4 Å². The van der Waals surface area contributed by atoms with Crippen molar-refractivity contribution in [2.75, 3.05) is 0 Å². The zero-order chi connectivity index (χ0) is 30.6. The second-order valence-electron chi connectivity index (χ2n) is 9.81. The highest BCUT2D eigenvalue weighted by molar-refractivity contribution is 5.81. The van der Waals surface area contributed by atoms with Gasteiger partial charge in [0.05, 0.1) is 35.2 Å². The summed E-state index contributed by atoms with van der Waals surface area (Å²) in [7, 11) is 0. The van der Waals surface area contributed by atoms with Crippen molar-refractivity contribution in [3.8, 4) is 6.07 Å². The number of amides is 1. The Morgan fingerprint density at radius 3 is 1.83 bits per heavy atom. The molecule has 0 aliphatic rings. The molecule has 0 atom stereocenters. The van der Waals surface area contributed by atoms with Crippen LogP contribution in [0.4, 0.5) is 17.6 Å². The predicted octanol–water partition coefficient (Wildman–Crippen LogP) is 4.83. The van der Waals surface area contributed by atoms with Crippen LogP contribution in [0.3, 0.4) is 0 Å². The maximum absolute atomic E-state index is 14.0. The molecular formula is C29H24F4N6O3. The highest BCUT2D eigenvalue weighted by Crippen LogP contribution is 2.23. The summed E-state index contributed by atoms with van der Waals surface area (Å²) in [5, 5.41) is 20.4. The molecule has 0 unspecified atom stereocenters. The molecule has 5 aromatic rings. The van der Waals surface area contributed by atoms with Gasteiger partial charge in [-0.25, -0.2) is 27.5 Å². The topological polar surface area (TPSA) is 126 Å². The first-order valence-corrected chi connectivity index (χ1v) is 12.5. The maximum Gasteiger partial charge on any atom is 0.323 e. The highest BCUT2D eigenvalue weighted by atomic mass is 19.2. The van der Waals surface area contributed by atoms with E-state index in [9.17, 15) is 27.2 Å². The summed E-state index contributed by atoms with van der Waals surface area (Å²) < 4.78 is 55.9. The average molecular weight is 581 g/mol. The molecule has 9 nitrogen and oxygen atoms in total. The van der Waals surface area contributed by atoms with E-state index in [1.807, 2.05) is 38.1 Å². The Hall–Kier alpha value is -5.25. The van der Waals surface area contributed by atoms with Crippen molar-refractivity contribution in [2.24, 2.45) is 0 Å². The van der Waals surface area contributed by atoms with Crippen LogP contribution in [0, 0.1) is 34.6 Å². The van der Waals surface area contributed by atoms with Crippen LogP contribution >= 0.6 is 0 Å². The number of nitrogens with zero attached hydrogens (tertiary/aromatic N) is 5. The third kappa shape index (κ3) is 6.38. The maximum atomic E-state index is 14.0. The number of aromatic nitrogens is 4. The van der Waals surface area contributed by atoms with Gasteiger partial charge in [0.25, 0.3) is 0 Å². The molecule has 2 heterocycles. The Bertz CT molecular complexity index is 1820. The molecule has 2 aromatic heterocycles. The number of carbonyl (C=O) groups excluding carboxylic acids is 1. The highest BCUT2D eigenvalue weighted by Gasteiger charge is 2.19. The van der Waals surface area contributed by atoms with Gasteiger partial charge in [0.15, 0.2) is 23.3 Å². The van der Waals surface area contributed by atoms with E-state index in [-0.39, 0.29) is 41.1 Å². The summed E-state index contributed by atoms with van der Waals surface area (Å²) in [4.78, 5) is 30.4. The molecule has 1 amide bonds. The summed E-state index contributed by atoms with van der Waals surface area (Å²) in [5.74, 6) is -5.59. The molecule has 0 fully saturated rings. The lowest BCUT2D eigenvalue weighted by Crippen LogP contribution is -2.27. The fourth-order valence-corrected chi connectivity index (χ4v) is 4.09. The summed E-state index contributed by atoms with van der Waals surface area (Å²) in [5.41, 5.74) is 1.54. The number of carboxylic acids is 1. The number of carboxylic acid groups (broad SMARTS) is 1. The number of imidazole rings is 2. The van der Waals surface area contributed by atoms with E-state index in [0.29, 0.717) is 0 Å². The van der Waals surface area contributed by atoms with Gasteiger partial charge in [0.1, 0.15) is 24.1 Å². The molecule has 0 saturated heterocycles. The number of nitriles is 1. The van der Waals surface area contributed by atoms with Crippen molar-refractivity contribution >= 4 is 33.9 Å². The Morgan fingerprint density at radius 2 is 1.36 bits per heavy atom. The minimum atomic E-state index is -1.14. The van der Waals surface area contributed by atoms with Crippen molar-refractivity contribution in [1.29, 1.82) is 5.26 Å². The number of carbonyl (C=O) groups is 2. The third-order valence-corrected chi connectivity index (χ3v) is 6.41. The monoisotopic (exact) mass is 580 g/mol. The van der Waals surface area contributed by atoms with E-state index in [4.69, 9.17) is 10.4 Å². The predicted molar refractivity (Wildman–Crippen MR) is 144 cm³/mol. The quantitative estimate of drug-likeness (QED) is 0.266. The largest absolute Gasteiger partial charge is 0.480 e. The molecule has 13 heteroatoms. The van der Waals surface area contributed by atoms with Crippen molar-refractivity contribution < 1.29 is 32.3 Å². The van der Waals surface area contributed by atoms with Crippen LogP contribution in [-0.2, 0) is 34.6 Å². The van der Waals surface area contributed by atoms with Gasteiger partial charge in [-0.1, -0.05) is 24.3 Å². The standard InChI is InChI=1S/C20H18F2N4O.C9H6F2N2O2/c1-20(2,11-23)14-5-3-13(4-6-14)9-24-17(27)10-26-12-25-16-8-7-15(21)18(22)19(16)26;10-5-1-2-6-9(8(5)11)13(4-12-6)3-7(14)15/h3-8,12H,9-10H2,1-2H3,(H,24,27);1-2,4H,3H2,(H,14,15). The summed E-state index contributed by atoms with van der Waals surface area (Å²) in [6, 6.07) is 14.3. The van der Waals surface area contributed by atoms with E-state index < -0.39 is 41.2 Å². The second kappa shape index (κ2) is 12.1. The molecule has 0 spiro atoms. The Morgan fingerprint density at radius 1 is 0.857 bits per heavy atom. The van der Waals surface area contributed by atoms with Crippen LogP contribution in [0.5, 0.6) is 0 Å². The Labute approximate surface area is 236 Å². The van der Waals surface area contributed by atoms with Gasteiger partial charge in [-0.15, -0.1) is 0 Å². The number of nitrogens with one attached hydrogen (secondary N) is 1. The minimum absolute atomic E-state index is 0.0340. The first kappa shape index (κ1) is 29.7. The summed E-state index contributed by atoms with van der Waals surface area (Å²) >= 11 is 0. The molecule has 42 heavy (non-hydrogen) atoms. The summed E-state index contributed by atoms with van der Waals surface area (Å²) in [6.07, 6.45) is 2.48. The number of benzene rings is 3. The van der Waals surface area contributed by atoms with E-state index in [0.717, 1.165) is 27.8 Å². The van der Waals surface area contributed by atoms with E-state index >= 15 is 0 Å². The number of aliphatic carboxylic acids is 1. The van der Waals surface area contributed by atoms with Gasteiger partial charge in [-0.2, -0.15) is 5.26 Å². The van der Waals surface area contributed by atoms with Crippen LogP contribution in [0.25, 0.3) is 22.1 Å². The Balaban J connectivity index is 0.000000227. The van der Waals surface area contributed by atoms with Crippen molar-refractivity contribution in [3.63, 3.8) is 0 Å². The molecule has 0 aliphatic carbocycles. The number of hydrogen-bond acceptors (Lipinski definition) is 5. The lowest BCUT2D eigenvalue weighted by molar-refractivity contribution is -0.137. The lowest BCUT2D eigenvalue weighted by atomic mass is 9.86. The second-order valence-corrected chi connectivity index (χ2v) is 9.81. The van der Waals surface area contributed by atoms with Gasteiger partial charge < -0.3 is 19.6 Å². The third-order valence-electron chi connectivity index (χ3n) is 6.41. The van der Waals surface area contributed by atoms with Gasteiger partial charge in [-0.05, 0) is 49.2 Å². The van der Waals surface area contributed by atoms with Crippen LogP contribution in [0.2, 0.25) is 0 Å². The normalized spacial score (nSPS) is 11.2. The van der Waals surface area contributed by atoms with E-state index in [1.54, 1.807) is 0 Å². The molecule has 3 aromatic carbocycles. The fraction of sp³-hybridized carbons (Fsp3) is 0.207. The molecule has 0 radical (unpaired) electrons. The number of halogens is 4. The van der Waals surface area contributed by atoms with Crippen LogP contribution < -0.4 is 5.32 Å². The lowest BCUT2D eigenvalue weighted by Gasteiger charge is -2.16. The number of fused-ring (bicyclic) bond motifs is 2. The van der Waals surface area contributed by atoms with Crippen LogP contribution in [-0.4, -0.2) is 36.1 Å². The van der Waals surface area contributed by atoms with Crippen molar-refractivity contribution in [2.45, 2.75) is 38.9 Å². The molecule has 2 N–H and O–H groups in total. The first-order valence-electron chi connectivity index (χ1n) is 12.5. The minimum Gasteiger partial charge on any atom is -0.480 e. The van der Waals surface area contributed by atoms with Crippen molar-refractivity contribution in [1.82, 2.24) is 24.4 Å². The Kier molecular flexibility index (Phi) is 8.56. The molecule has 0 saturated carbocycles. The zero-order valence-electron chi connectivity index (χ0n) is 22.4. The van der Waals surface area contributed by atoms with Crippen molar-refractivity contribution in [3.05, 3.63) is 95.6 Å². The molecule has 216 valence electrons. The average Bonchev–Trinajstić information content (AvgIpc) is 3.56. The number of rotatable bonds is 7. The van der Waals surface area contributed by atoms with Crippen LogP contribution in [0.1, 0.15) is 25.0 Å². The van der Waals surface area contributed by atoms with Gasteiger partial charge in [-0.3, -0.25) is 9.59 Å². The SMILES string of the molecule is CC(C)(C#N)c1ccc(CNC(=O)Cn2cnc3ccc(F)c(F)c32)cc1.O=C(O)Cn1cnc2ccc(F)c(F)c21. The molecule has 5 rings (SSSR count). The van der Waals surface area contributed by atoms with E-state index in [2.05, 4.69) is 21.4 Å². The zero-order valence-corrected chi connectivity index (χ0v) is 22.4. The number of hydrogen-bond donors (Lipinski definition) is 2. The first-order chi connectivity index (χ1) is 19.9. The molecular weight excluding hydrogens is 556 g/mol. The summed E-state index contributed by atoms with van der Waals surface area (Å²) in [6.45, 7) is 3.34. The molecule has 0 aliphatic heterocycles. The van der Waals surface area contributed by atoms with Gasteiger partial charge in [0, 0.05) is 6.54 Å². The molecule has 0 bridgehead atoms.